The van der Waals surface area contributed by atoms with E-state index >= 15 is 0 Å². The fraction of sp³-hybridized carbons (Fsp3) is 0.667. The average Bonchev–Trinajstić information content (AvgIpc) is 2.53. The number of benzene rings is 1. The number of nitrogens with zero attached hydrogens (tertiary/aromatic N) is 1. The molecule has 1 fully saturated rings. The van der Waals surface area contributed by atoms with Crippen molar-refractivity contribution in [3.8, 4) is 0 Å². The number of rotatable bonds is 7. The Morgan fingerprint density at radius 1 is 1.24 bits per heavy atom. The number of likely N-dealkylation sites (N-methyl/N-ethyl adjacent to an activating group) is 2. The minimum Gasteiger partial charge on any atom is -0.381 e. The molecule has 1 aliphatic rings. The molecule has 0 spiro atoms. The average molecular weight is 290 g/mol. The largest absolute Gasteiger partial charge is 0.381 e. The molecule has 0 saturated carbocycles. The Kier molecular flexibility index (Phi) is 6.68. The molecule has 0 bridgehead atoms. The SMILES string of the molecule is CCNC(c1ccccc1)C(C)N(C)CC1CCOCC1. The van der Waals surface area contributed by atoms with Gasteiger partial charge in [-0.25, -0.2) is 0 Å². The van der Waals surface area contributed by atoms with Crippen LogP contribution in [0.5, 0.6) is 0 Å². The lowest BCUT2D eigenvalue weighted by Crippen LogP contribution is -2.43. The molecule has 1 saturated heterocycles. The summed E-state index contributed by atoms with van der Waals surface area (Å²) in [4.78, 5) is 2.51. The van der Waals surface area contributed by atoms with Gasteiger partial charge in [-0.15, -0.1) is 0 Å². The van der Waals surface area contributed by atoms with E-state index in [9.17, 15) is 0 Å². The third-order valence-electron chi connectivity index (χ3n) is 4.65. The van der Waals surface area contributed by atoms with Gasteiger partial charge in [0.25, 0.3) is 0 Å². The first kappa shape index (κ1) is 16.5. The van der Waals surface area contributed by atoms with E-state index in [0.29, 0.717) is 12.1 Å². The molecule has 118 valence electrons. The zero-order valence-corrected chi connectivity index (χ0v) is 13.7. The second-order valence-corrected chi connectivity index (χ2v) is 6.18. The van der Waals surface area contributed by atoms with Crippen LogP contribution in [0.1, 0.15) is 38.3 Å². The van der Waals surface area contributed by atoms with Gasteiger partial charge in [0.15, 0.2) is 0 Å². The van der Waals surface area contributed by atoms with Gasteiger partial charge < -0.3 is 15.0 Å². The van der Waals surface area contributed by atoms with Crippen LogP contribution < -0.4 is 5.32 Å². The zero-order chi connectivity index (χ0) is 15.1. The molecule has 1 aromatic carbocycles. The van der Waals surface area contributed by atoms with Gasteiger partial charge in [-0.2, -0.15) is 0 Å². The molecular formula is C18H30N2O. The van der Waals surface area contributed by atoms with Crippen molar-refractivity contribution in [3.05, 3.63) is 35.9 Å². The lowest BCUT2D eigenvalue weighted by atomic mass is 9.96. The Labute approximate surface area is 129 Å². The van der Waals surface area contributed by atoms with Gasteiger partial charge in [0.05, 0.1) is 0 Å². The van der Waals surface area contributed by atoms with E-state index in [-0.39, 0.29) is 0 Å². The Morgan fingerprint density at radius 2 is 1.90 bits per heavy atom. The topological polar surface area (TPSA) is 24.5 Å². The predicted octanol–water partition coefficient (Wildman–Crippen LogP) is 3.08. The molecule has 1 aliphatic heterocycles. The van der Waals surface area contributed by atoms with Crippen LogP contribution in [-0.2, 0) is 4.74 Å². The van der Waals surface area contributed by atoms with Crippen molar-refractivity contribution in [2.24, 2.45) is 5.92 Å². The highest BCUT2D eigenvalue weighted by atomic mass is 16.5. The number of hydrogen-bond acceptors (Lipinski definition) is 3. The lowest BCUT2D eigenvalue weighted by molar-refractivity contribution is 0.0486. The van der Waals surface area contributed by atoms with E-state index < -0.39 is 0 Å². The standard InChI is InChI=1S/C18H30N2O/c1-4-19-18(17-8-6-5-7-9-17)15(2)20(3)14-16-10-12-21-13-11-16/h5-9,15-16,18-19H,4,10-14H2,1-3H3. The van der Waals surface area contributed by atoms with Crippen molar-refractivity contribution in [1.82, 2.24) is 10.2 Å². The Morgan fingerprint density at radius 3 is 2.52 bits per heavy atom. The van der Waals surface area contributed by atoms with Crippen LogP contribution in [0.3, 0.4) is 0 Å². The number of nitrogens with one attached hydrogen (secondary N) is 1. The second-order valence-electron chi connectivity index (χ2n) is 6.18. The highest BCUT2D eigenvalue weighted by Crippen LogP contribution is 2.23. The molecular weight excluding hydrogens is 260 g/mol. The van der Waals surface area contributed by atoms with Crippen LogP contribution in [0.25, 0.3) is 0 Å². The fourth-order valence-corrected chi connectivity index (χ4v) is 3.20. The van der Waals surface area contributed by atoms with Crippen LogP contribution >= 0.6 is 0 Å². The summed E-state index contributed by atoms with van der Waals surface area (Å²) in [5, 5.41) is 3.65. The first-order valence-electron chi connectivity index (χ1n) is 8.28. The van der Waals surface area contributed by atoms with Gasteiger partial charge in [0.2, 0.25) is 0 Å². The van der Waals surface area contributed by atoms with Crippen molar-refractivity contribution in [3.63, 3.8) is 0 Å². The van der Waals surface area contributed by atoms with Crippen LogP contribution in [0.4, 0.5) is 0 Å². The third-order valence-corrected chi connectivity index (χ3v) is 4.65. The summed E-state index contributed by atoms with van der Waals surface area (Å²) >= 11 is 0. The first-order chi connectivity index (χ1) is 10.2. The minimum atomic E-state index is 0.390. The maximum Gasteiger partial charge on any atom is 0.0475 e. The van der Waals surface area contributed by atoms with E-state index in [0.717, 1.165) is 25.7 Å². The van der Waals surface area contributed by atoms with E-state index in [1.807, 2.05) is 0 Å². The Hall–Kier alpha value is -0.900. The summed E-state index contributed by atoms with van der Waals surface area (Å²) in [5.41, 5.74) is 1.38. The predicted molar refractivity (Wildman–Crippen MR) is 88.5 cm³/mol. The summed E-state index contributed by atoms with van der Waals surface area (Å²) in [6.45, 7) is 8.54. The van der Waals surface area contributed by atoms with Gasteiger partial charge in [-0.05, 0) is 44.8 Å². The van der Waals surface area contributed by atoms with Crippen LogP contribution in [0, 0.1) is 5.92 Å². The van der Waals surface area contributed by atoms with Gasteiger partial charge in [0.1, 0.15) is 0 Å². The molecule has 0 radical (unpaired) electrons. The van der Waals surface area contributed by atoms with Gasteiger partial charge >= 0.3 is 0 Å². The summed E-state index contributed by atoms with van der Waals surface area (Å²) in [6, 6.07) is 11.7. The lowest BCUT2D eigenvalue weighted by Gasteiger charge is -2.36. The molecule has 21 heavy (non-hydrogen) atoms. The molecule has 2 atom stereocenters. The summed E-state index contributed by atoms with van der Waals surface area (Å²) in [6.07, 6.45) is 2.41. The molecule has 0 aliphatic carbocycles. The van der Waals surface area contributed by atoms with E-state index in [1.54, 1.807) is 0 Å². The van der Waals surface area contributed by atoms with E-state index in [1.165, 1.54) is 24.9 Å². The zero-order valence-electron chi connectivity index (χ0n) is 13.7. The van der Waals surface area contributed by atoms with Crippen molar-refractivity contribution in [2.75, 3.05) is 33.4 Å². The smallest absolute Gasteiger partial charge is 0.0475 e. The third kappa shape index (κ3) is 4.80. The normalized spacial score (nSPS) is 19.6. The van der Waals surface area contributed by atoms with Crippen molar-refractivity contribution in [1.29, 1.82) is 0 Å². The molecule has 2 unspecified atom stereocenters. The summed E-state index contributed by atoms with van der Waals surface area (Å²) in [7, 11) is 2.26. The van der Waals surface area contributed by atoms with E-state index in [2.05, 4.69) is 61.4 Å². The van der Waals surface area contributed by atoms with E-state index in [4.69, 9.17) is 4.74 Å². The van der Waals surface area contributed by atoms with Crippen LogP contribution in [-0.4, -0.2) is 44.3 Å². The molecule has 0 amide bonds. The second kappa shape index (κ2) is 8.52. The summed E-state index contributed by atoms with van der Waals surface area (Å²) < 4.78 is 5.47. The Balaban J connectivity index is 1.98. The molecule has 3 nitrogen and oxygen atoms in total. The molecule has 2 rings (SSSR count). The molecule has 1 aromatic rings. The Bertz CT molecular complexity index is 389. The minimum absolute atomic E-state index is 0.390. The molecule has 3 heteroatoms. The first-order valence-corrected chi connectivity index (χ1v) is 8.28. The van der Waals surface area contributed by atoms with Crippen LogP contribution in [0.2, 0.25) is 0 Å². The fourth-order valence-electron chi connectivity index (χ4n) is 3.20. The van der Waals surface area contributed by atoms with Crippen LogP contribution in [0.15, 0.2) is 30.3 Å². The molecule has 1 heterocycles. The summed E-state index contributed by atoms with van der Waals surface area (Å²) in [5.74, 6) is 0.782. The van der Waals surface area contributed by atoms with Crippen molar-refractivity contribution in [2.45, 2.75) is 38.8 Å². The number of hydrogen-bond donors (Lipinski definition) is 1. The molecule has 1 N–H and O–H groups in total. The monoisotopic (exact) mass is 290 g/mol. The van der Waals surface area contributed by atoms with Crippen molar-refractivity contribution >= 4 is 0 Å². The van der Waals surface area contributed by atoms with Gasteiger partial charge in [0, 0.05) is 31.8 Å². The quantitative estimate of drug-likeness (QED) is 0.835. The maximum atomic E-state index is 5.47. The maximum absolute atomic E-state index is 5.47. The van der Waals surface area contributed by atoms with Gasteiger partial charge in [-0.3, -0.25) is 0 Å². The number of ether oxygens (including phenoxy) is 1. The highest BCUT2D eigenvalue weighted by Gasteiger charge is 2.24. The van der Waals surface area contributed by atoms with Gasteiger partial charge in [-0.1, -0.05) is 37.3 Å². The highest BCUT2D eigenvalue weighted by molar-refractivity contribution is 5.20. The van der Waals surface area contributed by atoms with Crippen molar-refractivity contribution < 1.29 is 4.74 Å². The molecule has 0 aromatic heterocycles.